The average Bonchev–Trinajstić information content (AvgIpc) is 3.01. The molecule has 0 saturated carbocycles. The lowest BCUT2D eigenvalue weighted by atomic mass is 9.90. The molecule has 0 aliphatic carbocycles. The van der Waals surface area contributed by atoms with Gasteiger partial charge in [-0.25, -0.2) is 18.6 Å². The van der Waals surface area contributed by atoms with Gasteiger partial charge in [-0.2, -0.15) is 0 Å². The molecule has 23 heavy (non-hydrogen) atoms. The van der Waals surface area contributed by atoms with Gasteiger partial charge < -0.3 is 10.1 Å². The Kier molecular flexibility index (Phi) is 4.84. The first kappa shape index (κ1) is 16.2. The third kappa shape index (κ3) is 3.49. The molecule has 2 saturated heterocycles. The predicted octanol–water partition coefficient (Wildman–Crippen LogP) is 1.45. The number of amides is 1. The highest BCUT2D eigenvalue weighted by Crippen LogP contribution is 2.23. The van der Waals surface area contributed by atoms with E-state index in [2.05, 4.69) is 16.2 Å². The quantitative estimate of drug-likeness (QED) is 0.735. The van der Waals surface area contributed by atoms with E-state index in [-0.39, 0.29) is 6.04 Å². The second-order valence-electron chi connectivity index (χ2n) is 5.82. The van der Waals surface area contributed by atoms with Gasteiger partial charge in [-0.15, -0.1) is 0 Å². The number of halogens is 3. The summed E-state index contributed by atoms with van der Waals surface area (Å²) < 4.78 is 45.7. The first-order valence-corrected chi connectivity index (χ1v) is 7.59. The van der Waals surface area contributed by atoms with Crippen molar-refractivity contribution in [2.45, 2.75) is 31.5 Å². The highest BCUT2D eigenvalue weighted by molar-refractivity contribution is 5.95. The van der Waals surface area contributed by atoms with Gasteiger partial charge >= 0.3 is 0 Å². The van der Waals surface area contributed by atoms with Crippen molar-refractivity contribution in [3.8, 4) is 0 Å². The standard InChI is InChI=1S/C15H18F3N3O2/c16-9-1-2-10(17)14(18)13(9)15(22)19-12-7-11(20-21-12)8-3-5-23-6-4-8/h1-2,8,11-12,20-21H,3-7H2,(H,19,22). The molecule has 126 valence electrons. The normalized spacial score (nSPS) is 25.5. The molecule has 0 aromatic heterocycles. The summed E-state index contributed by atoms with van der Waals surface area (Å²) in [6.07, 6.45) is 1.95. The summed E-state index contributed by atoms with van der Waals surface area (Å²) in [5.41, 5.74) is 5.09. The van der Waals surface area contributed by atoms with Crippen LogP contribution in [0.3, 0.4) is 0 Å². The number of hydrogen-bond donors (Lipinski definition) is 3. The lowest BCUT2D eigenvalue weighted by Gasteiger charge is -2.26. The maximum atomic E-state index is 13.6. The van der Waals surface area contributed by atoms with Gasteiger partial charge in [0.05, 0.1) is 6.17 Å². The molecule has 2 aliphatic heterocycles. The summed E-state index contributed by atoms with van der Waals surface area (Å²) in [6, 6.07) is 1.53. The van der Waals surface area contributed by atoms with Crippen LogP contribution in [0.15, 0.2) is 12.1 Å². The highest BCUT2D eigenvalue weighted by atomic mass is 19.2. The fourth-order valence-electron chi connectivity index (χ4n) is 3.07. The third-order valence-electron chi connectivity index (χ3n) is 4.34. The zero-order valence-electron chi connectivity index (χ0n) is 12.4. The smallest absolute Gasteiger partial charge is 0.258 e. The van der Waals surface area contributed by atoms with Gasteiger partial charge in [0.1, 0.15) is 11.4 Å². The van der Waals surface area contributed by atoms with Crippen molar-refractivity contribution >= 4 is 5.91 Å². The third-order valence-corrected chi connectivity index (χ3v) is 4.34. The van der Waals surface area contributed by atoms with E-state index in [1.807, 2.05) is 0 Å². The molecule has 2 atom stereocenters. The van der Waals surface area contributed by atoms with Crippen LogP contribution in [0, 0.1) is 23.4 Å². The van der Waals surface area contributed by atoms with E-state index in [1.165, 1.54) is 0 Å². The number of benzene rings is 1. The Labute approximate surface area is 131 Å². The van der Waals surface area contributed by atoms with Crippen LogP contribution >= 0.6 is 0 Å². The number of hydrazine groups is 1. The Morgan fingerprint density at radius 3 is 2.57 bits per heavy atom. The summed E-state index contributed by atoms with van der Waals surface area (Å²) in [4.78, 5) is 12.0. The van der Waals surface area contributed by atoms with Crippen molar-refractivity contribution in [3.63, 3.8) is 0 Å². The predicted molar refractivity (Wildman–Crippen MR) is 75.8 cm³/mol. The summed E-state index contributed by atoms with van der Waals surface area (Å²) in [5, 5.41) is 2.48. The van der Waals surface area contributed by atoms with Crippen LogP contribution in [0.1, 0.15) is 29.6 Å². The molecule has 0 radical (unpaired) electrons. The monoisotopic (exact) mass is 329 g/mol. The molecule has 0 bridgehead atoms. The van der Waals surface area contributed by atoms with Crippen LogP contribution in [0.2, 0.25) is 0 Å². The SMILES string of the molecule is O=C(NC1CC(C2CCOCC2)NN1)c1c(F)ccc(F)c1F. The molecule has 5 nitrogen and oxygen atoms in total. The topological polar surface area (TPSA) is 62.4 Å². The van der Waals surface area contributed by atoms with Crippen LogP contribution in [0.5, 0.6) is 0 Å². The van der Waals surface area contributed by atoms with Crippen molar-refractivity contribution in [2.24, 2.45) is 5.92 Å². The molecular weight excluding hydrogens is 311 g/mol. The molecule has 3 rings (SSSR count). The molecule has 1 aromatic rings. The Morgan fingerprint density at radius 2 is 1.83 bits per heavy atom. The van der Waals surface area contributed by atoms with Crippen molar-refractivity contribution in [1.82, 2.24) is 16.2 Å². The molecule has 2 heterocycles. The molecule has 8 heteroatoms. The highest BCUT2D eigenvalue weighted by Gasteiger charge is 2.33. The van der Waals surface area contributed by atoms with Crippen LogP contribution in [0.25, 0.3) is 0 Å². The summed E-state index contributed by atoms with van der Waals surface area (Å²) in [6.45, 7) is 1.42. The van der Waals surface area contributed by atoms with Gasteiger partial charge in [-0.1, -0.05) is 0 Å². The van der Waals surface area contributed by atoms with Crippen molar-refractivity contribution in [2.75, 3.05) is 13.2 Å². The fourth-order valence-corrected chi connectivity index (χ4v) is 3.07. The molecular formula is C15H18F3N3O2. The number of nitrogens with one attached hydrogen (secondary N) is 3. The van der Waals surface area contributed by atoms with Crippen molar-refractivity contribution in [3.05, 3.63) is 35.1 Å². The number of carbonyl (C=O) groups is 1. The molecule has 1 amide bonds. The van der Waals surface area contributed by atoms with Gasteiger partial charge in [0.25, 0.3) is 5.91 Å². The largest absolute Gasteiger partial charge is 0.381 e. The van der Waals surface area contributed by atoms with E-state index < -0.39 is 35.1 Å². The second kappa shape index (κ2) is 6.86. The zero-order valence-corrected chi connectivity index (χ0v) is 12.4. The number of hydrogen-bond acceptors (Lipinski definition) is 4. The molecule has 2 aliphatic rings. The first-order valence-electron chi connectivity index (χ1n) is 7.59. The number of rotatable bonds is 3. The Bertz CT molecular complexity index is 594. The van der Waals surface area contributed by atoms with E-state index in [4.69, 9.17) is 4.74 Å². The lowest BCUT2D eigenvalue weighted by Crippen LogP contribution is -2.45. The maximum absolute atomic E-state index is 13.6. The van der Waals surface area contributed by atoms with Crippen molar-refractivity contribution in [1.29, 1.82) is 0 Å². The van der Waals surface area contributed by atoms with Gasteiger partial charge in [0, 0.05) is 19.3 Å². The summed E-state index contributed by atoms with van der Waals surface area (Å²) >= 11 is 0. The Morgan fingerprint density at radius 1 is 1.13 bits per heavy atom. The molecule has 2 fully saturated rings. The van der Waals surface area contributed by atoms with E-state index >= 15 is 0 Å². The number of carbonyl (C=O) groups excluding carboxylic acids is 1. The minimum atomic E-state index is -1.48. The van der Waals surface area contributed by atoms with E-state index in [0.29, 0.717) is 31.6 Å². The zero-order chi connectivity index (χ0) is 16.4. The molecule has 3 N–H and O–H groups in total. The Balaban J connectivity index is 1.62. The van der Waals surface area contributed by atoms with E-state index in [1.54, 1.807) is 0 Å². The maximum Gasteiger partial charge on any atom is 0.258 e. The van der Waals surface area contributed by atoms with Gasteiger partial charge in [0.2, 0.25) is 0 Å². The lowest BCUT2D eigenvalue weighted by molar-refractivity contribution is 0.0553. The molecule has 1 aromatic carbocycles. The Hall–Kier alpha value is -1.64. The van der Waals surface area contributed by atoms with Crippen molar-refractivity contribution < 1.29 is 22.7 Å². The van der Waals surface area contributed by atoms with Crippen LogP contribution in [-0.2, 0) is 4.74 Å². The van der Waals surface area contributed by atoms with E-state index in [0.717, 1.165) is 18.9 Å². The summed E-state index contributed by atoms with van der Waals surface area (Å²) in [5.74, 6) is -4.39. The average molecular weight is 329 g/mol. The molecule has 0 spiro atoms. The second-order valence-corrected chi connectivity index (χ2v) is 5.82. The minimum Gasteiger partial charge on any atom is -0.381 e. The van der Waals surface area contributed by atoms with Gasteiger partial charge in [-0.05, 0) is 37.3 Å². The number of ether oxygens (including phenoxy) is 1. The fraction of sp³-hybridized carbons (Fsp3) is 0.533. The first-order chi connectivity index (χ1) is 11.1. The summed E-state index contributed by atoms with van der Waals surface area (Å²) in [7, 11) is 0. The van der Waals surface area contributed by atoms with E-state index in [9.17, 15) is 18.0 Å². The van der Waals surface area contributed by atoms with Gasteiger partial charge in [0.15, 0.2) is 11.6 Å². The van der Waals surface area contributed by atoms with Crippen LogP contribution in [0.4, 0.5) is 13.2 Å². The van der Waals surface area contributed by atoms with Gasteiger partial charge in [-0.3, -0.25) is 10.2 Å². The minimum absolute atomic E-state index is 0.145. The van der Waals surface area contributed by atoms with Crippen LogP contribution in [-0.4, -0.2) is 31.3 Å². The molecule has 2 unspecified atom stereocenters. The van der Waals surface area contributed by atoms with Crippen LogP contribution < -0.4 is 16.2 Å².